The largest absolute Gasteiger partial charge is 0.456 e. The molecular weight excluding hydrogens is 945 g/mol. The summed E-state index contributed by atoms with van der Waals surface area (Å²) in [5, 5.41) is 9.60. The van der Waals surface area contributed by atoms with Crippen LogP contribution in [0.1, 0.15) is 0 Å². The zero-order valence-corrected chi connectivity index (χ0v) is 41.7. The maximum atomic E-state index is 6.39. The maximum Gasteiger partial charge on any atom is 0.160 e. The topological polar surface area (TPSA) is 48.8 Å². The number of aromatic nitrogens is 4. The van der Waals surface area contributed by atoms with E-state index < -0.39 is 0 Å². The number of benzene rings is 11. The van der Waals surface area contributed by atoms with Gasteiger partial charge in [0, 0.05) is 86.1 Å². The van der Waals surface area contributed by atoms with Crippen LogP contribution in [0.25, 0.3) is 153 Å². The van der Waals surface area contributed by atoms with E-state index in [-0.39, 0.29) is 0 Å². The molecule has 5 heterocycles. The monoisotopic (exact) mass is 986 g/mol. The van der Waals surface area contributed by atoms with Crippen molar-refractivity contribution in [2.24, 2.45) is 0 Å². The molecule has 0 spiro atoms. The Morgan fingerprint density at radius 2 is 0.895 bits per heavy atom. The first-order chi connectivity index (χ1) is 37.7. The molecule has 0 aliphatic rings. The molecule has 5 nitrogen and oxygen atoms in total. The van der Waals surface area contributed by atoms with E-state index in [2.05, 4.69) is 234 Å². The molecule has 0 atom stereocenters. The molecule has 0 fully saturated rings. The van der Waals surface area contributed by atoms with Gasteiger partial charge >= 0.3 is 0 Å². The standard InChI is InChI=1S/C70H42N4OS/c1-2-16-43(17-3-1)70-71-60(42-61(72-70)47-34-36-55-54-24-6-10-32-65(54)75-66(55)40-47)46-20-13-21-48(39-46)74-64-37-35-49(73-62-30-8-4-22-52(62)53-23-5-9-31-63(53)73)41-59(64)57-28-14-26-50(68(57)74)44-18-12-19-45(38-44)51-27-15-29-58-56-25-7-11-33-67(56)76-69(51)58/h1-42H. The second-order valence-electron chi connectivity index (χ2n) is 19.7. The second-order valence-corrected chi connectivity index (χ2v) is 20.7. The summed E-state index contributed by atoms with van der Waals surface area (Å²) >= 11 is 1.87. The highest BCUT2D eigenvalue weighted by atomic mass is 32.1. The zero-order chi connectivity index (χ0) is 49.8. The predicted molar refractivity (Wildman–Crippen MR) is 318 cm³/mol. The van der Waals surface area contributed by atoms with Gasteiger partial charge in [0.15, 0.2) is 5.82 Å². The van der Waals surface area contributed by atoms with Crippen LogP contribution >= 0.6 is 11.3 Å². The highest BCUT2D eigenvalue weighted by Gasteiger charge is 2.21. The molecule has 16 aromatic rings. The van der Waals surface area contributed by atoms with Crippen molar-refractivity contribution < 1.29 is 4.42 Å². The molecule has 16 rings (SSSR count). The van der Waals surface area contributed by atoms with Crippen LogP contribution in [-0.4, -0.2) is 19.1 Å². The highest BCUT2D eigenvalue weighted by molar-refractivity contribution is 7.26. The van der Waals surface area contributed by atoms with Crippen molar-refractivity contribution in [3.63, 3.8) is 0 Å². The van der Waals surface area contributed by atoms with Gasteiger partial charge in [0.2, 0.25) is 0 Å². The Bertz CT molecular complexity index is 4960. The van der Waals surface area contributed by atoms with Gasteiger partial charge in [-0.15, -0.1) is 11.3 Å². The van der Waals surface area contributed by atoms with E-state index in [9.17, 15) is 0 Å². The van der Waals surface area contributed by atoms with Gasteiger partial charge < -0.3 is 13.6 Å². The molecule has 0 aliphatic heterocycles. The van der Waals surface area contributed by atoms with Gasteiger partial charge in [-0.1, -0.05) is 176 Å². The zero-order valence-electron chi connectivity index (χ0n) is 40.9. The minimum atomic E-state index is 0.658. The summed E-state index contributed by atoms with van der Waals surface area (Å²) in [6, 6.07) is 91.7. The molecule has 0 saturated heterocycles. The van der Waals surface area contributed by atoms with Crippen molar-refractivity contribution in [3.05, 3.63) is 255 Å². The van der Waals surface area contributed by atoms with Crippen molar-refractivity contribution in [3.8, 4) is 67.5 Å². The Morgan fingerprint density at radius 1 is 0.316 bits per heavy atom. The fourth-order valence-electron chi connectivity index (χ4n) is 11.9. The smallest absolute Gasteiger partial charge is 0.160 e. The lowest BCUT2D eigenvalue weighted by Gasteiger charge is -2.15. The quantitative estimate of drug-likeness (QED) is 0.160. The maximum absolute atomic E-state index is 6.39. The minimum absolute atomic E-state index is 0.658. The summed E-state index contributed by atoms with van der Waals surface area (Å²) in [6.07, 6.45) is 0. The first kappa shape index (κ1) is 42.6. The van der Waals surface area contributed by atoms with E-state index in [0.29, 0.717) is 5.82 Å². The molecule has 0 N–H and O–H groups in total. The SMILES string of the molecule is c1ccc(-c2nc(-c3cccc(-n4c5ccc(-n6c7ccccc7c7ccccc76)cc5c5cccc(-c6cccc(-c7cccc8c7sc7ccccc78)c6)c54)c3)cc(-c3ccc4c(c3)oc3ccccc34)n2)cc1. The summed E-state index contributed by atoms with van der Waals surface area (Å²) in [5.41, 5.74) is 17.7. The van der Waals surface area contributed by atoms with Crippen LogP contribution in [0.4, 0.5) is 0 Å². The average molecular weight is 987 g/mol. The van der Waals surface area contributed by atoms with Gasteiger partial charge in [-0.05, 0) is 95.6 Å². The van der Waals surface area contributed by atoms with Crippen molar-refractivity contribution >= 4 is 97.1 Å². The molecule has 0 unspecified atom stereocenters. The van der Waals surface area contributed by atoms with E-state index >= 15 is 0 Å². The van der Waals surface area contributed by atoms with Crippen molar-refractivity contribution in [2.75, 3.05) is 0 Å². The van der Waals surface area contributed by atoms with Crippen molar-refractivity contribution in [1.29, 1.82) is 0 Å². The average Bonchev–Trinajstić information content (AvgIpc) is 4.27. The van der Waals surface area contributed by atoms with Crippen molar-refractivity contribution in [1.82, 2.24) is 19.1 Å². The highest BCUT2D eigenvalue weighted by Crippen LogP contribution is 2.44. The van der Waals surface area contributed by atoms with Gasteiger partial charge in [0.1, 0.15) is 11.2 Å². The van der Waals surface area contributed by atoms with Crippen LogP contribution < -0.4 is 0 Å². The predicted octanol–water partition coefficient (Wildman–Crippen LogP) is 19.3. The summed E-state index contributed by atoms with van der Waals surface area (Å²) in [6.45, 7) is 0. The number of nitrogens with zero attached hydrogens (tertiary/aromatic N) is 4. The summed E-state index contributed by atoms with van der Waals surface area (Å²) < 4.78 is 13.9. The first-order valence-corrected chi connectivity index (χ1v) is 26.5. The Labute approximate surface area is 440 Å². The lowest BCUT2D eigenvalue weighted by atomic mass is 9.96. The van der Waals surface area contributed by atoms with Gasteiger partial charge in [0.05, 0.1) is 33.5 Å². The van der Waals surface area contributed by atoms with Gasteiger partial charge in [-0.3, -0.25) is 0 Å². The van der Waals surface area contributed by atoms with Gasteiger partial charge in [-0.2, -0.15) is 0 Å². The number of hydrogen-bond donors (Lipinski definition) is 0. The van der Waals surface area contributed by atoms with Gasteiger partial charge in [0.25, 0.3) is 0 Å². The molecule has 11 aromatic carbocycles. The normalized spacial score (nSPS) is 11.9. The third-order valence-corrected chi connectivity index (χ3v) is 16.6. The summed E-state index contributed by atoms with van der Waals surface area (Å²) in [7, 11) is 0. The second kappa shape index (κ2) is 16.8. The van der Waals surface area contributed by atoms with Crippen LogP contribution in [0.2, 0.25) is 0 Å². The number of thiophene rings is 1. The summed E-state index contributed by atoms with van der Waals surface area (Å²) in [4.78, 5) is 10.6. The molecular formula is C70H42N4OS. The number of hydrogen-bond acceptors (Lipinski definition) is 4. The van der Waals surface area contributed by atoms with Crippen molar-refractivity contribution in [2.45, 2.75) is 0 Å². The molecule has 354 valence electrons. The molecule has 0 saturated carbocycles. The van der Waals surface area contributed by atoms with Crippen LogP contribution in [-0.2, 0) is 0 Å². The molecule has 0 amide bonds. The Hall–Kier alpha value is -9.88. The third-order valence-electron chi connectivity index (χ3n) is 15.3. The Balaban J connectivity index is 0.912. The Kier molecular flexibility index (Phi) is 9.44. The number of rotatable bonds is 7. The fraction of sp³-hybridized carbons (Fsp3) is 0. The van der Waals surface area contributed by atoms with Crippen LogP contribution in [0, 0.1) is 0 Å². The first-order valence-electron chi connectivity index (χ1n) is 25.7. The van der Waals surface area contributed by atoms with Crippen LogP contribution in [0.3, 0.4) is 0 Å². The minimum Gasteiger partial charge on any atom is -0.456 e. The lowest BCUT2D eigenvalue weighted by Crippen LogP contribution is -1.99. The fourth-order valence-corrected chi connectivity index (χ4v) is 13.1. The Morgan fingerprint density at radius 3 is 1.71 bits per heavy atom. The molecule has 0 aliphatic carbocycles. The van der Waals surface area contributed by atoms with E-state index in [4.69, 9.17) is 14.4 Å². The van der Waals surface area contributed by atoms with E-state index in [1.807, 2.05) is 41.7 Å². The molecule has 5 aromatic heterocycles. The lowest BCUT2D eigenvalue weighted by molar-refractivity contribution is 0.669. The van der Waals surface area contributed by atoms with Crippen LogP contribution in [0.15, 0.2) is 259 Å². The molecule has 6 heteroatoms. The molecule has 0 radical (unpaired) electrons. The summed E-state index contributed by atoms with van der Waals surface area (Å²) in [5.74, 6) is 0.658. The van der Waals surface area contributed by atoms with E-state index in [0.717, 1.165) is 83.6 Å². The third kappa shape index (κ3) is 6.64. The number of fused-ring (bicyclic) bond motifs is 12. The number of para-hydroxylation sites is 4. The molecule has 76 heavy (non-hydrogen) atoms. The molecule has 0 bridgehead atoms. The van der Waals surface area contributed by atoms with E-state index in [1.54, 1.807) is 0 Å². The van der Waals surface area contributed by atoms with Crippen LogP contribution in [0.5, 0.6) is 0 Å². The van der Waals surface area contributed by atoms with E-state index in [1.165, 1.54) is 63.9 Å². The number of furan rings is 1. The van der Waals surface area contributed by atoms with Gasteiger partial charge in [-0.25, -0.2) is 9.97 Å².